The van der Waals surface area contributed by atoms with Gasteiger partial charge in [0, 0.05) is 11.3 Å². The number of halogens is 7. The zero-order chi connectivity index (χ0) is 25.8. The van der Waals surface area contributed by atoms with Crippen LogP contribution >= 0.6 is 0 Å². The standard InChI is InChI=1S/C23H15F7N6/c1-12-33-34-21-32-20(19-16(25)9-31-10-17(19)36(12)21)35(11-18(26)27)15-7-13(6-14(24)8-15)2-3-22(4-5-22)23(28,29)30/h6-10,18H,4-5,11H2,1H3. The van der Waals surface area contributed by atoms with Crippen LogP contribution in [-0.2, 0) is 0 Å². The molecular weight excluding hydrogens is 493 g/mol. The SMILES string of the molecule is Cc1nnc2nc(N(CC(F)F)c3cc(F)cc(C#CC4(C(F)(F)F)CC4)c3)c3c(F)cncc3n12. The second-order valence-electron chi connectivity index (χ2n) is 8.36. The Morgan fingerprint density at radius 1 is 1.11 bits per heavy atom. The Labute approximate surface area is 198 Å². The molecular formula is C23H15F7N6. The molecule has 1 fully saturated rings. The molecule has 0 N–H and O–H groups in total. The number of hydrogen-bond acceptors (Lipinski definition) is 5. The number of rotatable bonds is 4. The lowest BCUT2D eigenvalue weighted by Crippen LogP contribution is -2.26. The molecule has 0 spiro atoms. The van der Waals surface area contributed by atoms with Crippen LogP contribution in [0.5, 0.6) is 0 Å². The predicted molar refractivity (Wildman–Crippen MR) is 115 cm³/mol. The van der Waals surface area contributed by atoms with Crippen LogP contribution in [0.4, 0.5) is 42.2 Å². The smallest absolute Gasteiger partial charge is 0.320 e. The first kappa shape index (κ1) is 23.8. The van der Waals surface area contributed by atoms with E-state index >= 15 is 0 Å². The van der Waals surface area contributed by atoms with E-state index in [-0.39, 0.29) is 46.6 Å². The number of alkyl halides is 5. The molecule has 0 aliphatic heterocycles. The first-order valence-electron chi connectivity index (χ1n) is 10.6. The second kappa shape index (κ2) is 8.32. The molecule has 0 saturated heterocycles. The highest BCUT2D eigenvalue weighted by Crippen LogP contribution is 2.57. The minimum absolute atomic E-state index is 0.0427. The maximum atomic E-state index is 15.0. The maximum Gasteiger partial charge on any atom is 0.405 e. The van der Waals surface area contributed by atoms with Crippen molar-refractivity contribution in [2.24, 2.45) is 5.41 Å². The van der Waals surface area contributed by atoms with Crippen LogP contribution in [0.1, 0.15) is 24.2 Å². The third kappa shape index (κ3) is 4.06. The zero-order valence-corrected chi connectivity index (χ0v) is 18.4. The van der Waals surface area contributed by atoms with Gasteiger partial charge in [-0.15, -0.1) is 10.2 Å². The van der Waals surface area contributed by atoms with Crippen molar-refractivity contribution in [3.8, 4) is 11.8 Å². The summed E-state index contributed by atoms with van der Waals surface area (Å²) in [6.45, 7) is 0.545. The van der Waals surface area contributed by atoms with Gasteiger partial charge in [-0.2, -0.15) is 18.2 Å². The molecule has 1 aliphatic carbocycles. The molecule has 1 aliphatic rings. The van der Waals surface area contributed by atoms with Crippen LogP contribution < -0.4 is 4.90 Å². The van der Waals surface area contributed by atoms with Crippen LogP contribution in [0.3, 0.4) is 0 Å². The summed E-state index contributed by atoms with van der Waals surface area (Å²) in [7, 11) is 0. The van der Waals surface area contributed by atoms with Gasteiger partial charge in [0.25, 0.3) is 12.2 Å². The van der Waals surface area contributed by atoms with E-state index in [1.165, 1.54) is 10.6 Å². The fourth-order valence-electron chi connectivity index (χ4n) is 3.92. The number of anilines is 2. The Kier molecular flexibility index (Phi) is 5.50. The lowest BCUT2D eigenvalue weighted by molar-refractivity contribution is -0.168. The van der Waals surface area contributed by atoms with E-state index in [0.717, 1.165) is 29.3 Å². The highest BCUT2D eigenvalue weighted by atomic mass is 19.4. The van der Waals surface area contributed by atoms with Gasteiger partial charge in [-0.25, -0.2) is 17.6 Å². The van der Waals surface area contributed by atoms with E-state index in [4.69, 9.17) is 0 Å². The van der Waals surface area contributed by atoms with Gasteiger partial charge in [0.2, 0.25) is 0 Å². The van der Waals surface area contributed by atoms with Crippen LogP contribution in [0.15, 0.2) is 30.6 Å². The summed E-state index contributed by atoms with van der Waals surface area (Å²) in [6.07, 6.45) is -5.72. The topological polar surface area (TPSA) is 59.2 Å². The van der Waals surface area contributed by atoms with Gasteiger partial charge in [0.05, 0.1) is 29.8 Å². The van der Waals surface area contributed by atoms with Gasteiger partial charge >= 0.3 is 6.18 Å². The Balaban J connectivity index is 1.70. The van der Waals surface area contributed by atoms with E-state index in [1.807, 2.05) is 0 Å². The van der Waals surface area contributed by atoms with Crippen molar-refractivity contribution < 1.29 is 30.7 Å². The van der Waals surface area contributed by atoms with Crippen LogP contribution in [0.2, 0.25) is 0 Å². The van der Waals surface area contributed by atoms with E-state index < -0.39 is 36.2 Å². The molecule has 1 saturated carbocycles. The number of pyridine rings is 1. The van der Waals surface area contributed by atoms with Gasteiger partial charge < -0.3 is 4.90 Å². The third-order valence-corrected chi connectivity index (χ3v) is 5.87. The summed E-state index contributed by atoms with van der Waals surface area (Å²) < 4.78 is 97.9. The average Bonchev–Trinajstić information content (AvgIpc) is 3.52. The van der Waals surface area contributed by atoms with Gasteiger partial charge in [0.15, 0.2) is 5.82 Å². The fourth-order valence-corrected chi connectivity index (χ4v) is 3.92. The predicted octanol–water partition coefficient (Wildman–Crippen LogP) is 5.36. The summed E-state index contributed by atoms with van der Waals surface area (Å²) in [4.78, 5) is 8.88. The molecule has 1 aromatic carbocycles. The Morgan fingerprint density at radius 3 is 2.53 bits per heavy atom. The van der Waals surface area contributed by atoms with E-state index in [2.05, 4.69) is 32.0 Å². The van der Waals surface area contributed by atoms with Gasteiger partial charge in [-0.1, -0.05) is 11.8 Å². The van der Waals surface area contributed by atoms with Crippen molar-refractivity contribution in [1.29, 1.82) is 0 Å². The molecule has 6 nitrogen and oxygen atoms in total. The minimum atomic E-state index is -4.54. The summed E-state index contributed by atoms with van der Waals surface area (Å²) in [5, 5.41) is 7.54. The molecule has 0 amide bonds. The first-order chi connectivity index (χ1) is 17.0. The summed E-state index contributed by atoms with van der Waals surface area (Å²) >= 11 is 0. The molecule has 4 aromatic rings. The highest BCUT2D eigenvalue weighted by molar-refractivity contribution is 5.93. The van der Waals surface area contributed by atoms with Gasteiger partial charge in [-0.05, 0) is 38.0 Å². The molecule has 186 valence electrons. The van der Waals surface area contributed by atoms with Crippen LogP contribution in [0.25, 0.3) is 16.7 Å². The first-order valence-corrected chi connectivity index (χ1v) is 10.6. The quantitative estimate of drug-likeness (QED) is 0.275. The fraction of sp³-hybridized carbons (Fsp3) is 0.304. The number of aryl methyl sites for hydroxylation is 1. The molecule has 36 heavy (non-hydrogen) atoms. The van der Waals surface area contributed by atoms with Crippen molar-refractivity contribution in [3.05, 3.63) is 53.6 Å². The van der Waals surface area contributed by atoms with Crippen LogP contribution in [-0.4, -0.2) is 43.7 Å². The normalized spacial score (nSPS) is 14.8. The molecule has 0 bridgehead atoms. The van der Waals surface area contributed by atoms with Gasteiger partial charge in [-0.3, -0.25) is 9.38 Å². The van der Waals surface area contributed by atoms with E-state index in [0.29, 0.717) is 5.82 Å². The minimum Gasteiger partial charge on any atom is -0.320 e. The summed E-state index contributed by atoms with van der Waals surface area (Å²) in [6, 6.07) is 2.93. The van der Waals surface area contributed by atoms with Gasteiger partial charge in [0.1, 0.15) is 22.9 Å². The lowest BCUT2D eigenvalue weighted by Gasteiger charge is -2.25. The maximum absolute atomic E-state index is 15.0. The zero-order valence-electron chi connectivity index (χ0n) is 18.4. The number of hydrogen-bond donors (Lipinski definition) is 0. The Morgan fingerprint density at radius 2 is 1.86 bits per heavy atom. The average molecular weight is 508 g/mol. The molecule has 0 unspecified atom stereocenters. The van der Waals surface area contributed by atoms with Crippen molar-refractivity contribution >= 4 is 28.2 Å². The Bertz CT molecular complexity index is 1550. The van der Waals surface area contributed by atoms with E-state index in [9.17, 15) is 30.7 Å². The van der Waals surface area contributed by atoms with Crippen molar-refractivity contribution in [2.45, 2.75) is 32.4 Å². The number of fused-ring (bicyclic) bond motifs is 3. The largest absolute Gasteiger partial charge is 0.405 e. The molecule has 0 atom stereocenters. The van der Waals surface area contributed by atoms with Crippen molar-refractivity contribution in [2.75, 3.05) is 11.4 Å². The van der Waals surface area contributed by atoms with Crippen molar-refractivity contribution in [1.82, 2.24) is 24.6 Å². The third-order valence-electron chi connectivity index (χ3n) is 5.87. The molecule has 5 rings (SSSR count). The molecule has 3 heterocycles. The molecule has 0 radical (unpaired) electrons. The lowest BCUT2D eigenvalue weighted by atomic mass is 10.1. The summed E-state index contributed by atoms with van der Waals surface area (Å²) in [5.41, 5.74) is -2.39. The number of nitrogens with zero attached hydrogens (tertiary/aromatic N) is 6. The highest BCUT2D eigenvalue weighted by Gasteiger charge is 2.62. The molecule has 13 heteroatoms. The van der Waals surface area contributed by atoms with Crippen molar-refractivity contribution in [3.63, 3.8) is 0 Å². The number of benzene rings is 1. The Hall–Kier alpha value is -3.95. The van der Waals surface area contributed by atoms with Crippen LogP contribution in [0, 0.1) is 35.8 Å². The number of aromatic nitrogens is 5. The van der Waals surface area contributed by atoms with E-state index in [1.54, 1.807) is 6.92 Å². The molecule has 3 aromatic heterocycles. The summed E-state index contributed by atoms with van der Waals surface area (Å²) in [5.74, 6) is 2.63. The monoisotopic (exact) mass is 508 g/mol. The second-order valence-corrected chi connectivity index (χ2v) is 8.36.